The van der Waals surface area contributed by atoms with Crippen molar-refractivity contribution in [3.8, 4) is 12.1 Å². The summed E-state index contributed by atoms with van der Waals surface area (Å²) in [6, 6.07) is 4.11. The zero-order valence-corrected chi connectivity index (χ0v) is 16.6. The largest absolute Gasteiger partial charge is 0.748 e. The van der Waals surface area contributed by atoms with Crippen molar-refractivity contribution in [1.29, 1.82) is 10.5 Å². The number of quaternary nitrogens is 1. The van der Waals surface area contributed by atoms with E-state index < -0.39 is 22.0 Å². The zero-order chi connectivity index (χ0) is 20.8. The Bertz CT molecular complexity index is 609. The van der Waals surface area contributed by atoms with Crippen molar-refractivity contribution < 1.29 is 22.6 Å². The van der Waals surface area contributed by atoms with Crippen LogP contribution in [0.5, 0.6) is 0 Å². The molecule has 1 atom stereocenters. The first kappa shape index (κ1) is 25.2. The average Bonchev–Trinajstić information content (AvgIpc) is 2.56. The Balaban J connectivity index is 5.08. The second kappa shape index (κ2) is 13.4. The summed E-state index contributed by atoms with van der Waals surface area (Å²) in [5.74, 6) is -0.451. The van der Waals surface area contributed by atoms with Gasteiger partial charge in [-0.1, -0.05) is 13.2 Å². The van der Waals surface area contributed by atoms with Crippen LogP contribution in [0.3, 0.4) is 0 Å². The van der Waals surface area contributed by atoms with Crippen LogP contribution in [0.15, 0.2) is 25.3 Å². The van der Waals surface area contributed by atoms with E-state index in [2.05, 4.69) is 25.3 Å². The number of nitrogens with zero attached hydrogens (tertiary/aromatic N) is 4. The molecule has 0 saturated heterocycles. The van der Waals surface area contributed by atoms with Crippen LogP contribution in [0, 0.1) is 22.7 Å². The summed E-state index contributed by atoms with van der Waals surface area (Å²) in [4.78, 5) is 1.87. The van der Waals surface area contributed by atoms with E-state index in [0.717, 1.165) is 0 Å². The Morgan fingerprint density at radius 3 is 2.07 bits per heavy atom. The second-order valence-corrected chi connectivity index (χ2v) is 8.10. The van der Waals surface area contributed by atoms with Crippen LogP contribution in [-0.4, -0.2) is 85.1 Å². The fourth-order valence-electron chi connectivity index (χ4n) is 3.14. The monoisotopic (exact) mass is 398 g/mol. The molecule has 152 valence electrons. The molecule has 0 rings (SSSR count). The fraction of sp³-hybridized carbons (Fsp3) is 0.667. The Kier molecular flexibility index (Phi) is 12.6. The van der Waals surface area contributed by atoms with Gasteiger partial charge < -0.3 is 14.1 Å². The van der Waals surface area contributed by atoms with Gasteiger partial charge in [-0.25, -0.2) is 8.42 Å². The lowest BCUT2D eigenvalue weighted by Gasteiger charge is -2.39. The van der Waals surface area contributed by atoms with Gasteiger partial charge in [0, 0.05) is 44.6 Å². The molecule has 0 aromatic rings. The minimum atomic E-state index is -4.29. The molecule has 0 heterocycles. The third kappa shape index (κ3) is 12.3. The first-order valence-corrected chi connectivity index (χ1v) is 10.4. The molecule has 1 N–H and O–H groups in total. The lowest BCUT2D eigenvalue weighted by molar-refractivity contribution is -0.920. The Morgan fingerprint density at radius 2 is 1.67 bits per heavy atom. The molecule has 0 aliphatic rings. The van der Waals surface area contributed by atoms with Gasteiger partial charge in [0.25, 0.3) is 0 Å². The molecule has 0 aliphatic heterocycles. The Labute approximate surface area is 163 Å². The van der Waals surface area contributed by atoms with E-state index in [4.69, 9.17) is 10.5 Å². The molecule has 0 aliphatic carbocycles. The van der Waals surface area contributed by atoms with Crippen LogP contribution in [-0.2, 0) is 10.1 Å². The summed E-state index contributed by atoms with van der Waals surface area (Å²) < 4.78 is 33.0. The van der Waals surface area contributed by atoms with Crippen molar-refractivity contribution in [2.45, 2.75) is 25.4 Å². The molecule has 27 heavy (non-hydrogen) atoms. The number of hydrogen-bond acceptors (Lipinski definition) is 7. The summed E-state index contributed by atoms with van der Waals surface area (Å²) >= 11 is 0. The van der Waals surface area contributed by atoms with Crippen LogP contribution in [0.4, 0.5) is 0 Å². The van der Waals surface area contributed by atoms with Crippen LogP contribution in [0.25, 0.3) is 0 Å². The molecular formula is C18H30N4O4S. The summed E-state index contributed by atoms with van der Waals surface area (Å²) in [5.41, 5.74) is 0. The van der Waals surface area contributed by atoms with Gasteiger partial charge >= 0.3 is 0 Å². The molecule has 9 heteroatoms. The molecule has 0 aromatic carbocycles. The molecule has 0 aromatic heterocycles. The highest BCUT2D eigenvalue weighted by Gasteiger charge is 2.29. The quantitative estimate of drug-likeness (QED) is 0.229. The molecule has 0 bridgehead atoms. The SMILES string of the molecule is C=CC[N+](CC=C)(CCCS(=O)(=O)[O-])CC(O)CN(CCC#N)CCC#N. The van der Waals surface area contributed by atoms with Gasteiger partial charge in [-0.05, 0) is 12.2 Å². The van der Waals surface area contributed by atoms with Gasteiger partial charge in [0.05, 0.1) is 41.9 Å². The molecular weight excluding hydrogens is 368 g/mol. The molecule has 1 unspecified atom stereocenters. The predicted octanol–water partition coefficient (Wildman–Crippen LogP) is 0.601. The maximum absolute atomic E-state index is 10.9. The van der Waals surface area contributed by atoms with Crippen LogP contribution in [0.1, 0.15) is 19.3 Å². The van der Waals surface area contributed by atoms with E-state index in [1.165, 1.54) is 0 Å². The highest BCUT2D eigenvalue weighted by molar-refractivity contribution is 7.85. The third-order valence-corrected chi connectivity index (χ3v) is 4.99. The van der Waals surface area contributed by atoms with Crippen LogP contribution >= 0.6 is 0 Å². The standard InChI is InChI=1S/C18H30N4O4S/c1-3-12-22(13-4-2,14-7-15-27(24,25)26)17-18(23)16-21(10-5-8-19)11-6-9-20/h3-4,18,23H,1-2,5-7,10-17H2. The first-order chi connectivity index (χ1) is 12.7. The second-order valence-electron chi connectivity index (χ2n) is 6.58. The molecule has 0 radical (unpaired) electrons. The van der Waals surface area contributed by atoms with E-state index in [1.54, 1.807) is 12.2 Å². The third-order valence-electron chi connectivity index (χ3n) is 4.21. The van der Waals surface area contributed by atoms with Crippen molar-refractivity contribution >= 4 is 10.1 Å². The maximum Gasteiger partial charge on any atom is 0.116 e. The molecule has 0 amide bonds. The van der Waals surface area contributed by atoms with Crippen molar-refractivity contribution in [2.75, 3.05) is 51.6 Å². The van der Waals surface area contributed by atoms with Gasteiger partial charge in [-0.3, -0.25) is 4.90 Å². The van der Waals surface area contributed by atoms with Crippen LogP contribution in [0.2, 0.25) is 0 Å². The number of aliphatic hydroxyl groups excluding tert-OH is 1. The smallest absolute Gasteiger partial charge is 0.116 e. The molecule has 0 saturated carbocycles. The summed E-state index contributed by atoms with van der Waals surface area (Å²) in [6.07, 6.45) is 3.45. The minimum absolute atomic E-state index is 0.187. The van der Waals surface area contributed by atoms with Crippen molar-refractivity contribution in [1.82, 2.24) is 4.90 Å². The highest BCUT2D eigenvalue weighted by atomic mass is 32.2. The topological polar surface area (TPSA) is 128 Å². The van der Waals surface area contributed by atoms with E-state index in [1.807, 2.05) is 4.90 Å². The number of hydrogen-bond donors (Lipinski definition) is 1. The Hall–Kier alpha value is -1.75. The van der Waals surface area contributed by atoms with Gasteiger partial charge in [-0.2, -0.15) is 10.5 Å². The van der Waals surface area contributed by atoms with Gasteiger partial charge in [0.1, 0.15) is 12.6 Å². The fourth-order valence-corrected chi connectivity index (χ4v) is 3.62. The van der Waals surface area contributed by atoms with E-state index in [9.17, 15) is 18.1 Å². The van der Waals surface area contributed by atoms with Crippen LogP contribution < -0.4 is 0 Å². The number of nitriles is 2. The minimum Gasteiger partial charge on any atom is -0.748 e. The zero-order valence-electron chi connectivity index (χ0n) is 15.8. The summed E-state index contributed by atoms with van der Waals surface area (Å²) in [6.45, 7) is 10.4. The average molecular weight is 399 g/mol. The number of aliphatic hydroxyl groups is 1. The highest BCUT2D eigenvalue weighted by Crippen LogP contribution is 2.13. The molecule has 0 spiro atoms. The van der Waals surface area contributed by atoms with E-state index in [-0.39, 0.29) is 6.42 Å². The van der Waals surface area contributed by atoms with Crippen molar-refractivity contribution in [3.05, 3.63) is 25.3 Å². The van der Waals surface area contributed by atoms with E-state index in [0.29, 0.717) is 63.1 Å². The molecule has 8 nitrogen and oxygen atoms in total. The lowest BCUT2D eigenvalue weighted by atomic mass is 10.2. The van der Waals surface area contributed by atoms with Gasteiger partial charge in [0.2, 0.25) is 0 Å². The van der Waals surface area contributed by atoms with Gasteiger partial charge in [0.15, 0.2) is 0 Å². The summed E-state index contributed by atoms with van der Waals surface area (Å²) in [5, 5.41) is 28.1. The Morgan fingerprint density at radius 1 is 1.15 bits per heavy atom. The van der Waals surface area contributed by atoms with Crippen molar-refractivity contribution in [3.63, 3.8) is 0 Å². The molecule has 0 fully saturated rings. The number of rotatable bonds is 16. The predicted molar refractivity (Wildman–Crippen MR) is 102 cm³/mol. The van der Waals surface area contributed by atoms with Crippen molar-refractivity contribution in [2.24, 2.45) is 0 Å². The lowest BCUT2D eigenvalue weighted by Crippen LogP contribution is -2.55. The van der Waals surface area contributed by atoms with E-state index >= 15 is 0 Å². The maximum atomic E-state index is 10.9. The summed E-state index contributed by atoms with van der Waals surface area (Å²) in [7, 11) is -4.29. The first-order valence-electron chi connectivity index (χ1n) is 8.86. The normalized spacial score (nSPS) is 12.9. The van der Waals surface area contributed by atoms with Gasteiger partial charge in [-0.15, -0.1) is 0 Å².